The summed E-state index contributed by atoms with van der Waals surface area (Å²) in [5, 5.41) is 0. The number of hydrogen-bond donors (Lipinski definition) is 2. The first-order valence-corrected chi connectivity index (χ1v) is 19.0. The van der Waals surface area contributed by atoms with E-state index >= 15 is 0 Å². The molecule has 10 rings (SSSR count). The van der Waals surface area contributed by atoms with Gasteiger partial charge in [-0.2, -0.15) is 0 Å². The molecule has 5 nitrogen and oxygen atoms in total. The fraction of sp³-hybridized carbons (Fsp3) is 0. The smallest absolute Gasteiger partial charge is 0.160 e. The van der Waals surface area contributed by atoms with Gasteiger partial charge in [0.15, 0.2) is 5.75 Å². The Balaban J connectivity index is 1.43. The lowest BCUT2D eigenvalue weighted by atomic mass is 9.97. The average Bonchev–Trinajstić information content (AvgIpc) is 4.10. The van der Waals surface area contributed by atoms with Gasteiger partial charge >= 0.3 is 0 Å². The molecule has 0 amide bonds. The van der Waals surface area contributed by atoms with Gasteiger partial charge in [0.2, 0.25) is 0 Å². The fourth-order valence-electron chi connectivity index (χ4n) is 7.79. The molecule has 5 heteroatoms. The van der Waals surface area contributed by atoms with Crippen molar-refractivity contribution in [2.75, 3.05) is 0 Å². The second-order valence-electron chi connectivity index (χ2n) is 14.0. The Morgan fingerprint density at radius 2 is 0.965 bits per heavy atom. The molecule has 2 aliphatic heterocycles. The normalized spacial score (nSPS) is 11.8. The van der Waals surface area contributed by atoms with Crippen LogP contribution in [-0.2, 0) is 0 Å². The second-order valence-corrected chi connectivity index (χ2v) is 14.0. The van der Waals surface area contributed by atoms with Crippen molar-refractivity contribution in [2.45, 2.75) is 0 Å². The maximum Gasteiger partial charge on any atom is 0.160 e. The number of hydrogen-bond acceptors (Lipinski definition) is 3. The molecule has 8 aromatic rings. The molecule has 0 aliphatic carbocycles. The zero-order valence-corrected chi connectivity index (χ0v) is 31.0. The van der Waals surface area contributed by atoms with E-state index in [0.717, 1.165) is 101 Å². The first-order chi connectivity index (χ1) is 28.2. The molecule has 57 heavy (non-hydrogen) atoms. The number of fused-ring (bicyclic) bond motifs is 8. The molecule has 8 bridgehead atoms. The van der Waals surface area contributed by atoms with Crippen molar-refractivity contribution in [1.82, 2.24) is 19.9 Å². The van der Waals surface area contributed by atoms with Gasteiger partial charge in [0.05, 0.1) is 39.4 Å². The van der Waals surface area contributed by atoms with Gasteiger partial charge in [-0.05, 0) is 88.5 Å². The largest absolute Gasteiger partial charge is 0.454 e. The van der Waals surface area contributed by atoms with Crippen LogP contribution in [0.25, 0.3) is 97.0 Å². The lowest BCUT2D eigenvalue weighted by Crippen LogP contribution is -1.90. The van der Waals surface area contributed by atoms with E-state index in [0.29, 0.717) is 5.75 Å². The maximum atomic E-state index is 6.95. The number of nitrogens with one attached hydrogen (secondary N) is 2. The van der Waals surface area contributed by atoms with Crippen LogP contribution in [0.15, 0.2) is 170 Å². The summed E-state index contributed by atoms with van der Waals surface area (Å²) >= 11 is 0. The third kappa shape index (κ3) is 6.37. The summed E-state index contributed by atoms with van der Waals surface area (Å²) in [5.41, 5.74) is 15.9. The molecule has 0 fully saturated rings. The zero-order chi connectivity index (χ0) is 38.1. The average molecular weight is 733 g/mol. The molecule has 5 aromatic carbocycles. The maximum absolute atomic E-state index is 6.95. The van der Waals surface area contributed by atoms with E-state index in [2.05, 4.69) is 156 Å². The summed E-state index contributed by atoms with van der Waals surface area (Å²) in [6, 6.07) is 56.1. The highest BCUT2D eigenvalue weighted by Crippen LogP contribution is 2.46. The van der Waals surface area contributed by atoms with Crippen LogP contribution in [0.5, 0.6) is 11.5 Å². The molecule has 0 radical (unpaired) electrons. The van der Waals surface area contributed by atoms with Crippen LogP contribution in [0.3, 0.4) is 0 Å². The Bertz CT molecular complexity index is 3030. The summed E-state index contributed by atoms with van der Waals surface area (Å²) in [7, 11) is 0. The quantitative estimate of drug-likeness (QED) is 0.171. The number of rotatable bonds is 7. The van der Waals surface area contributed by atoms with Crippen LogP contribution in [0.2, 0.25) is 0 Å². The molecule has 2 aliphatic rings. The molecule has 270 valence electrons. The van der Waals surface area contributed by atoms with Crippen molar-refractivity contribution >= 4 is 52.4 Å². The highest BCUT2D eigenvalue weighted by Gasteiger charge is 2.23. The van der Waals surface area contributed by atoms with Crippen LogP contribution >= 0.6 is 0 Å². The second kappa shape index (κ2) is 14.5. The monoisotopic (exact) mass is 732 g/mol. The van der Waals surface area contributed by atoms with Crippen LogP contribution in [0.1, 0.15) is 28.3 Å². The van der Waals surface area contributed by atoms with Gasteiger partial charge in [-0.25, -0.2) is 9.97 Å². The highest BCUT2D eigenvalue weighted by molar-refractivity contribution is 6.05. The summed E-state index contributed by atoms with van der Waals surface area (Å²) in [4.78, 5) is 18.5. The molecule has 2 N–H and O–H groups in total. The van der Waals surface area contributed by atoms with Gasteiger partial charge < -0.3 is 14.7 Å². The van der Waals surface area contributed by atoms with Gasteiger partial charge in [-0.3, -0.25) is 0 Å². The number of H-pyrrole nitrogens is 2. The SMILES string of the molecule is C=Cc1cccc(-c2c(Oc3ccccc3)c3cc4nc(c(-c5ccccc5)c5ccc([nH]5)c(-c5ccccc5)c5nc(c(-c6ccccc6)c2[nH]3)C=C5)C=C4)c1. The lowest BCUT2D eigenvalue weighted by Gasteiger charge is -2.11. The summed E-state index contributed by atoms with van der Waals surface area (Å²) in [5.74, 6) is 1.41. The Morgan fingerprint density at radius 1 is 0.439 bits per heavy atom. The summed E-state index contributed by atoms with van der Waals surface area (Å²) in [6.07, 6.45) is 10.3. The summed E-state index contributed by atoms with van der Waals surface area (Å²) < 4.78 is 6.95. The minimum absolute atomic E-state index is 0.684. The van der Waals surface area contributed by atoms with E-state index in [1.54, 1.807) is 0 Å². The minimum Gasteiger partial charge on any atom is -0.454 e. The van der Waals surface area contributed by atoms with Gasteiger partial charge in [-0.1, -0.05) is 140 Å². The molecular formula is C52H36N4O. The number of aromatic amines is 2. The molecular weight excluding hydrogens is 697 g/mol. The Labute approximate surface area is 330 Å². The highest BCUT2D eigenvalue weighted by atomic mass is 16.5. The van der Waals surface area contributed by atoms with Gasteiger partial charge in [0, 0.05) is 27.7 Å². The van der Waals surface area contributed by atoms with Crippen molar-refractivity contribution in [3.63, 3.8) is 0 Å². The van der Waals surface area contributed by atoms with E-state index in [1.807, 2.05) is 54.6 Å². The van der Waals surface area contributed by atoms with Crippen molar-refractivity contribution in [3.05, 3.63) is 199 Å². The number of ether oxygens (including phenoxy) is 1. The zero-order valence-electron chi connectivity index (χ0n) is 31.0. The first-order valence-electron chi connectivity index (χ1n) is 19.0. The number of para-hydroxylation sites is 1. The first kappa shape index (κ1) is 33.8. The molecule has 0 spiro atoms. The van der Waals surface area contributed by atoms with Crippen molar-refractivity contribution in [2.24, 2.45) is 0 Å². The molecule has 3 aromatic heterocycles. The summed E-state index contributed by atoms with van der Waals surface area (Å²) in [6.45, 7) is 4.09. The standard InChI is InChI=1S/C52H36N4O/c1-2-34-16-15-23-38(32-34)50-51-49(37-21-11-5-12-22-37)45-31-30-44(55-45)48(36-19-9-4-10-20-36)43-29-28-42(54-43)47(35-17-7-3-8-18-35)41-27-26-39(53-41)33-46(56-51)52(50)57-40-24-13-6-14-25-40/h2-33,54,56H,1H2. The number of benzene rings is 5. The molecule has 5 heterocycles. The molecule has 0 saturated heterocycles. The Morgan fingerprint density at radius 3 is 1.58 bits per heavy atom. The Hall–Kier alpha value is -7.76. The third-order valence-electron chi connectivity index (χ3n) is 10.4. The van der Waals surface area contributed by atoms with E-state index in [1.165, 1.54) is 0 Å². The predicted molar refractivity (Wildman–Crippen MR) is 237 cm³/mol. The number of nitrogens with zero attached hydrogens (tertiary/aromatic N) is 2. The topological polar surface area (TPSA) is 66.6 Å². The fourth-order valence-corrected chi connectivity index (χ4v) is 7.79. The van der Waals surface area contributed by atoms with E-state index in [4.69, 9.17) is 14.7 Å². The van der Waals surface area contributed by atoms with Crippen LogP contribution in [0.4, 0.5) is 0 Å². The van der Waals surface area contributed by atoms with E-state index in [9.17, 15) is 0 Å². The van der Waals surface area contributed by atoms with Gasteiger partial charge in [-0.15, -0.1) is 0 Å². The van der Waals surface area contributed by atoms with Crippen LogP contribution in [-0.4, -0.2) is 19.9 Å². The van der Waals surface area contributed by atoms with E-state index < -0.39 is 0 Å². The molecule has 0 atom stereocenters. The van der Waals surface area contributed by atoms with Gasteiger partial charge in [0.25, 0.3) is 0 Å². The van der Waals surface area contributed by atoms with Crippen molar-refractivity contribution in [1.29, 1.82) is 0 Å². The van der Waals surface area contributed by atoms with E-state index in [-0.39, 0.29) is 0 Å². The predicted octanol–water partition coefficient (Wildman–Crippen LogP) is 13.8. The van der Waals surface area contributed by atoms with Crippen LogP contribution in [0, 0.1) is 0 Å². The third-order valence-corrected chi connectivity index (χ3v) is 10.4. The van der Waals surface area contributed by atoms with Crippen molar-refractivity contribution in [3.8, 4) is 56.0 Å². The lowest BCUT2D eigenvalue weighted by molar-refractivity contribution is 0.490. The Kier molecular flexibility index (Phi) is 8.58. The van der Waals surface area contributed by atoms with Gasteiger partial charge in [0.1, 0.15) is 5.75 Å². The molecule has 0 saturated carbocycles. The number of aromatic nitrogens is 4. The minimum atomic E-state index is 0.684. The molecule has 0 unspecified atom stereocenters. The van der Waals surface area contributed by atoms with Crippen LogP contribution < -0.4 is 4.74 Å². The van der Waals surface area contributed by atoms with Crippen molar-refractivity contribution < 1.29 is 4.74 Å².